The van der Waals surface area contributed by atoms with E-state index in [1.807, 2.05) is 31.3 Å². The van der Waals surface area contributed by atoms with Crippen LogP contribution in [0.4, 0.5) is 5.69 Å². The Bertz CT molecular complexity index is 2660. The molecule has 1 aromatic heterocycles. The van der Waals surface area contributed by atoms with E-state index in [-0.39, 0.29) is 0 Å². The summed E-state index contributed by atoms with van der Waals surface area (Å²) in [5, 5.41) is 5.82. The van der Waals surface area contributed by atoms with Crippen molar-refractivity contribution in [1.29, 1.82) is 0 Å². The summed E-state index contributed by atoms with van der Waals surface area (Å²) in [6.07, 6.45) is 11.5. The Balaban J connectivity index is 0.000000184. The zero-order valence-corrected chi connectivity index (χ0v) is 32.6. The Morgan fingerprint density at radius 2 is 1.04 bits per heavy atom. The summed E-state index contributed by atoms with van der Waals surface area (Å²) in [7, 11) is 1.97. The molecule has 8 aromatic rings. The molecule has 2 heteroatoms. The van der Waals surface area contributed by atoms with Gasteiger partial charge < -0.3 is 9.88 Å². The van der Waals surface area contributed by atoms with E-state index >= 15 is 0 Å². The highest BCUT2D eigenvalue weighted by Crippen LogP contribution is 2.36. The summed E-state index contributed by atoms with van der Waals surface area (Å²) in [5.74, 6) is 0. The second-order valence-electron chi connectivity index (χ2n) is 13.9. The van der Waals surface area contributed by atoms with E-state index in [2.05, 4.69) is 206 Å². The average molecular weight is 737 g/mol. The van der Waals surface area contributed by atoms with Crippen molar-refractivity contribution in [3.05, 3.63) is 243 Å². The van der Waals surface area contributed by atoms with Crippen LogP contribution in [0.3, 0.4) is 0 Å². The SMILES string of the molecule is C=C/C=C(C=C)/C(=C/C=C)CCc1ccc(-c2ccccc2)cc1.CNc1ccc2c3cc(-c4ccccc4)ccc3n(-c3ccc(-c4ccccc4)cc3)c2c1. The fourth-order valence-corrected chi connectivity index (χ4v) is 7.37. The number of hydrogen-bond acceptors (Lipinski definition) is 1. The molecule has 0 amide bonds. The molecule has 1 N–H and O–H groups in total. The molecule has 0 fully saturated rings. The molecule has 278 valence electrons. The highest BCUT2D eigenvalue weighted by molar-refractivity contribution is 6.11. The van der Waals surface area contributed by atoms with Gasteiger partial charge in [-0.1, -0.05) is 190 Å². The van der Waals surface area contributed by atoms with Gasteiger partial charge in [-0.2, -0.15) is 0 Å². The van der Waals surface area contributed by atoms with Gasteiger partial charge in [-0.15, -0.1) is 0 Å². The van der Waals surface area contributed by atoms with E-state index in [0.717, 1.165) is 29.8 Å². The van der Waals surface area contributed by atoms with Crippen molar-refractivity contribution in [2.24, 2.45) is 0 Å². The Hall–Kier alpha value is -7.16. The third-order valence-electron chi connectivity index (χ3n) is 10.3. The molecule has 0 aliphatic rings. The molecule has 0 bridgehead atoms. The zero-order chi connectivity index (χ0) is 39.4. The summed E-state index contributed by atoms with van der Waals surface area (Å²) in [5.41, 5.74) is 15.8. The molecule has 0 saturated carbocycles. The number of benzene rings is 7. The summed E-state index contributed by atoms with van der Waals surface area (Å²) in [6, 6.07) is 62.6. The fraction of sp³-hybridized carbons (Fsp3) is 0.0545. The summed E-state index contributed by atoms with van der Waals surface area (Å²) in [6.45, 7) is 11.5. The first-order valence-electron chi connectivity index (χ1n) is 19.5. The van der Waals surface area contributed by atoms with Crippen LogP contribution in [0.25, 0.3) is 60.9 Å². The molecule has 1 heterocycles. The number of nitrogens with zero attached hydrogens (tertiary/aromatic N) is 1. The molecule has 0 aliphatic heterocycles. The van der Waals surface area contributed by atoms with E-state index in [0.29, 0.717) is 0 Å². The lowest BCUT2D eigenvalue weighted by Crippen LogP contribution is -1.95. The minimum absolute atomic E-state index is 0.947. The van der Waals surface area contributed by atoms with Crippen molar-refractivity contribution in [1.82, 2.24) is 4.57 Å². The predicted octanol–water partition coefficient (Wildman–Crippen LogP) is 14.9. The van der Waals surface area contributed by atoms with Gasteiger partial charge in [0.05, 0.1) is 11.0 Å². The maximum absolute atomic E-state index is 3.89. The molecule has 2 nitrogen and oxygen atoms in total. The van der Waals surface area contributed by atoms with Crippen molar-refractivity contribution in [2.45, 2.75) is 12.8 Å². The van der Waals surface area contributed by atoms with Crippen LogP contribution in [0.5, 0.6) is 0 Å². The van der Waals surface area contributed by atoms with Crippen molar-refractivity contribution >= 4 is 27.5 Å². The first-order valence-corrected chi connectivity index (χ1v) is 19.5. The van der Waals surface area contributed by atoms with Gasteiger partial charge in [0.1, 0.15) is 0 Å². The van der Waals surface area contributed by atoms with Gasteiger partial charge in [-0.05, 0) is 99.3 Å². The first kappa shape index (κ1) is 38.1. The highest BCUT2D eigenvalue weighted by atomic mass is 15.0. The Kier molecular flexibility index (Phi) is 12.3. The first-order chi connectivity index (χ1) is 28.1. The maximum atomic E-state index is 3.89. The van der Waals surface area contributed by atoms with Gasteiger partial charge in [0.25, 0.3) is 0 Å². The normalized spacial score (nSPS) is 11.5. The molecular formula is C55H48N2. The second kappa shape index (κ2) is 18.4. The number of allylic oxidation sites excluding steroid dienone is 7. The molecule has 0 saturated heterocycles. The molecule has 0 spiro atoms. The fourth-order valence-electron chi connectivity index (χ4n) is 7.37. The molecule has 0 unspecified atom stereocenters. The summed E-state index contributed by atoms with van der Waals surface area (Å²) >= 11 is 0. The summed E-state index contributed by atoms with van der Waals surface area (Å²) < 4.78 is 2.37. The number of nitrogens with one attached hydrogen (secondary N) is 1. The third-order valence-corrected chi connectivity index (χ3v) is 10.3. The zero-order valence-electron chi connectivity index (χ0n) is 32.6. The lowest BCUT2D eigenvalue weighted by atomic mass is 9.96. The molecule has 0 aliphatic carbocycles. The minimum atomic E-state index is 0.947. The van der Waals surface area contributed by atoms with E-state index in [9.17, 15) is 0 Å². The van der Waals surface area contributed by atoms with E-state index in [1.165, 1.54) is 66.3 Å². The van der Waals surface area contributed by atoms with Crippen molar-refractivity contribution < 1.29 is 0 Å². The Morgan fingerprint density at radius 1 is 0.509 bits per heavy atom. The van der Waals surface area contributed by atoms with Crippen LogP contribution in [0.15, 0.2) is 237 Å². The van der Waals surface area contributed by atoms with E-state index in [1.54, 1.807) is 6.08 Å². The van der Waals surface area contributed by atoms with Gasteiger partial charge in [0, 0.05) is 29.2 Å². The van der Waals surface area contributed by atoms with Crippen LogP contribution in [-0.2, 0) is 6.42 Å². The van der Waals surface area contributed by atoms with Gasteiger partial charge in [-0.25, -0.2) is 0 Å². The van der Waals surface area contributed by atoms with Crippen LogP contribution in [0.1, 0.15) is 12.0 Å². The van der Waals surface area contributed by atoms with Crippen molar-refractivity contribution in [3.63, 3.8) is 0 Å². The highest BCUT2D eigenvalue weighted by Gasteiger charge is 2.14. The van der Waals surface area contributed by atoms with E-state index in [4.69, 9.17) is 0 Å². The van der Waals surface area contributed by atoms with Crippen molar-refractivity contribution in [2.75, 3.05) is 12.4 Å². The minimum Gasteiger partial charge on any atom is -0.388 e. The average Bonchev–Trinajstić information content (AvgIpc) is 3.61. The quantitative estimate of drug-likeness (QED) is 0.124. The lowest BCUT2D eigenvalue weighted by molar-refractivity contribution is 0.955. The molecular weight excluding hydrogens is 689 g/mol. The largest absolute Gasteiger partial charge is 0.388 e. The van der Waals surface area contributed by atoms with Crippen LogP contribution in [0.2, 0.25) is 0 Å². The number of anilines is 1. The van der Waals surface area contributed by atoms with Gasteiger partial charge in [-0.3, -0.25) is 0 Å². The number of aromatic nitrogens is 1. The van der Waals surface area contributed by atoms with Crippen LogP contribution in [-0.4, -0.2) is 11.6 Å². The topological polar surface area (TPSA) is 17.0 Å². The molecule has 57 heavy (non-hydrogen) atoms. The van der Waals surface area contributed by atoms with Crippen molar-refractivity contribution in [3.8, 4) is 39.1 Å². The smallest absolute Gasteiger partial charge is 0.0561 e. The van der Waals surface area contributed by atoms with Gasteiger partial charge >= 0.3 is 0 Å². The van der Waals surface area contributed by atoms with Gasteiger partial charge in [0.2, 0.25) is 0 Å². The monoisotopic (exact) mass is 736 g/mol. The molecule has 0 atom stereocenters. The molecule has 7 aromatic carbocycles. The predicted molar refractivity (Wildman–Crippen MR) is 248 cm³/mol. The third kappa shape index (κ3) is 8.88. The van der Waals surface area contributed by atoms with Gasteiger partial charge in [0.15, 0.2) is 0 Å². The summed E-state index contributed by atoms with van der Waals surface area (Å²) in [4.78, 5) is 0. The van der Waals surface area contributed by atoms with E-state index < -0.39 is 0 Å². The lowest BCUT2D eigenvalue weighted by Gasteiger charge is -2.10. The Labute approximate surface area is 337 Å². The second-order valence-corrected chi connectivity index (χ2v) is 13.9. The maximum Gasteiger partial charge on any atom is 0.0561 e. The molecule has 0 radical (unpaired) electrons. The standard InChI is InChI=1S/C31H24N2.C24H24/c1-32-26-15-18-28-29-20-25(23-10-6-3-7-11-23)14-19-30(29)33(31(28)21-26)27-16-12-24(13-17-27)22-8-4-2-5-9-22;1-4-10-21(6-3)22(11-5-2)17-14-20-15-18-24(19-16-20)23-12-8-7-9-13-23/h2-21,32H,1H3;4-13,15-16,18-19H,1-3,14,17H2/b;21-10+,22-11+. The van der Waals surface area contributed by atoms with Crippen LogP contribution < -0.4 is 5.32 Å². The van der Waals surface area contributed by atoms with Crippen LogP contribution >= 0.6 is 0 Å². The number of aryl methyl sites for hydroxylation is 1. The number of fused-ring (bicyclic) bond motifs is 3. The number of rotatable bonds is 12. The van der Waals surface area contributed by atoms with Crippen LogP contribution in [0, 0.1) is 0 Å². The Morgan fingerprint density at radius 3 is 1.58 bits per heavy atom. The molecule has 8 rings (SSSR count). The number of hydrogen-bond donors (Lipinski definition) is 1.